The molecule has 10 rings (SSSR count). The van der Waals surface area contributed by atoms with E-state index in [1.807, 2.05) is 42.6 Å². The number of nitrogens with zero attached hydrogens (tertiary/aromatic N) is 4. The Morgan fingerprint density at radius 2 is 1.00 bits per heavy atom. The minimum Gasteiger partial charge on any atom is -0.454 e. The maximum atomic E-state index is 6.33. The summed E-state index contributed by atoms with van der Waals surface area (Å²) in [4.78, 5) is 19.3. The Bertz CT molecular complexity index is 2890. The Morgan fingerprint density at radius 1 is 0.388 bits per heavy atom. The zero-order chi connectivity index (χ0) is 32.3. The molecule has 0 atom stereocenters. The van der Waals surface area contributed by atoms with Crippen LogP contribution in [0.15, 0.2) is 162 Å². The highest BCUT2D eigenvalue weighted by molar-refractivity contribution is 6.18. The van der Waals surface area contributed by atoms with E-state index in [4.69, 9.17) is 19.4 Å². The minimum absolute atomic E-state index is 0.635. The van der Waals surface area contributed by atoms with Crippen LogP contribution >= 0.6 is 0 Å². The van der Waals surface area contributed by atoms with Crippen molar-refractivity contribution in [3.63, 3.8) is 0 Å². The van der Waals surface area contributed by atoms with Crippen molar-refractivity contribution in [2.24, 2.45) is 0 Å². The molecular formula is C44H26N4O. The van der Waals surface area contributed by atoms with Crippen molar-refractivity contribution in [2.45, 2.75) is 0 Å². The second kappa shape index (κ2) is 10.9. The molecule has 0 amide bonds. The van der Waals surface area contributed by atoms with E-state index in [0.29, 0.717) is 17.5 Å². The Labute approximate surface area is 281 Å². The van der Waals surface area contributed by atoms with E-state index >= 15 is 0 Å². The molecule has 3 aromatic heterocycles. The molecule has 7 aromatic carbocycles. The average Bonchev–Trinajstić information content (AvgIpc) is 3.56. The fourth-order valence-corrected chi connectivity index (χ4v) is 7.02. The molecule has 228 valence electrons. The molecule has 0 fully saturated rings. The van der Waals surface area contributed by atoms with Gasteiger partial charge in [-0.1, -0.05) is 121 Å². The van der Waals surface area contributed by atoms with E-state index in [1.54, 1.807) is 6.20 Å². The fraction of sp³-hybridized carbons (Fsp3) is 0. The molecule has 5 heteroatoms. The molecule has 0 unspecified atom stereocenters. The van der Waals surface area contributed by atoms with Crippen LogP contribution in [0.5, 0.6) is 0 Å². The number of hydrogen-bond acceptors (Lipinski definition) is 5. The maximum Gasteiger partial charge on any atom is 0.164 e. The number of benzene rings is 7. The van der Waals surface area contributed by atoms with E-state index in [2.05, 4.69) is 114 Å². The lowest BCUT2D eigenvalue weighted by atomic mass is 9.92. The van der Waals surface area contributed by atoms with Crippen LogP contribution in [-0.2, 0) is 0 Å². The fourth-order valence-electron chi connectivity index (χ4n) is 7.02. The van der Waals surface area contributed by atoms with Crippen LogP contribution in [0.3, 0.4) is 0 Å². The van der Waals surface area contributed by atoms with Crippen molar-refractivity contribution < 1.29 is 4.42 Å². The third kappa shape index (κ3) is 4.55. The maximum absolute atomic E-state index is 6.33. The Morgan fingerprint density at radius 3 is 1.84 bits per heavy atom. The molecule has 0 aliphatic rings. The van der Waals surface area contributed by atoms with E-state index in [1.165, 1.54) is 5.39 Å². The van der Waals surface area contributed by atoms with Gasteiger partial charge in [0.15, 0.2) is 23.1 Å². The van der Waals surface area contributed by atoms with Gasteiger partial charge in [0.05, 0.1) is 6.20 Å². The summed E-state index contributed by atoms with van der Waals surface area (Å²) in [5.74, 6) is 1.93. The number of fused-ring (bicyclic) bond motifs is 7. The highest BCUT2D eigenvalue weighted by Gasteiger charge is 2.16. The van der Waals surface area contributed by atoms with Crippen molar-refractivity contribution in [2.75, 3.05) is 0 Å². The summed E-state index contributed by atoms with van der Waals surface area (Å²) in [5, 5.41) is 8.99. The Balaban J connectivity index is 1.12. The summed E-state index contributed by atoms with van der Waals surface area (Å²) in [7, 11) is 0. The lowest BCUT2D eigenvalue weighted by molar-refractivity contribution is 0.670. The quantitative estimate of drug-likeness (QED) is 0.194. The second-order valence-corrected chi connectivity index (χ2v) is 12.3. The van der Waals surface area contributed by atoms with Crippen molar-refractivity contribution in [1.82, 2.24) is 19.9 Å². The van der Waals surface area contributed by atoms with Crippen molar-refractivity contribution in [3.05, 3.63) is 158 Å². The van der Waals surface area contributed by atoms with Gasteiger partial charge in [0, 0.05) is 39.0 Å². The summed E-state index contributed by atoms with van der Waals surface area (Å²) < 4.78 is 6.33. The zero-order valence-corrected chi connectivity index (χ0v) is 26.2. The molecule has 0 bridgehead atoms. The van der Waals surface area contributed by atoms with Gasteiger partial charge in [-0.2, -0.15) is 0 Å². The average molecular weight is 627 g/mol. The third-order valence-electron chi connectivity index (χ3n) is 9.40. The molecule has 0 spiro atoms. The number of aromatic nitrogens is 4. The van der Waals surface area contributed by atoms with Crippen LogP contribution in [-0.4, -0.2) is 19.9 Å². The summed E-state index contributed by atoms with van der Waals surface area (Å²) in [6, 6.07) is 50.6. The van der Waals surface area contributed by atoms with E-state index < -0.39 is 0 Å². The first-order valence-electron chi connectivity index (χ1n) is 16.3. The van der Waals surface area contributed by atoms with E-state index in [-0.39, 0.29) is 0 Å². The molecule has 0 aliphatic heterocycles. The lowest BCUT2D eigenvalue weighted by Crippen LogP contribution is -2.00. The summed E-state index contributed by atoms with van der Waals surface area (Å²) in [5.41, 5.74) is 6.82. The van der Waals surface area contributed by atoms with Gasteiger partial charge >= 0.3 is 0 Å². The van der Waals surface area contributed by atoms with Crippen LogP contribution in [0.4, 0.5) is 0 Å². The Kier molecular flexibility index (Phi) is 6.11. The van der Waals surface area contributed by atoms with Gasteiger partial charge in [-0.05, 0) is 62.3 Å². The lowest BCUT2D eigenvalue weighted by Gasteiger charge is -2.12. The van der Waals surface area contributed by atoms with E-state index in [9.17, 15) is 0 Å². The minimum atomic E-state index is 0.635. The van der Waals surface area contributed by atoms with Crippen LogP contribution in [0.25, 0.3) is 99.5 Å². The molecule has 0 radical (unpaired) electrons. The number of rotatable bonds is 4. The van der Waals surface area contributed by atoms with Gasteiger partial charge in [-0.25, -0.2) is 15.0 Å². The highest BCUT2D eigenvalue weighted by atomic mass is 16.3. The summed E-state index contributed by atoms with van der Waals surface area (Å²) in [6.07, 6.45) is 3.60. The predicted molar refractivity (Wildman–Crippen MR) is 199 cm³/mol. The van der Waals surface area contributed by atoms with Gasteiger partial charge in [0.25, 0.3) is 0 Å². The molecule has 0 saturated heterocycles. The van der Waals surface area contributed by atoms with Gasteiger partial charge in [-0.3, -0.25) is 4.98 Å². The van der Waals surface area contributed by atoms with Crippen molar-refractivity contribution >= 4 is 54.3 Å². The molecule has 3 heterocycles. The summed E-state index contributed by atoms with van der Waals surface area (Å²) >= 11 is 0. The van der Waals surface area contributed by atoms with Crippen LogP contribution < -0.4 is 0 Å². The summed E-state index contributed by atoms with van der Waals surface area (Å²) in [6.45, 7) is 0. The van der Waals surface area contributed by atoms with Crippen molar-refractivity contribution in [1.29, 1.82) is 0 Å². The first-order valence-corrected chi connectivity index (χ1v) is 16.3. The van der Waals surface area contributed by atoms with Gasteiger partial charge in [-0.15, -0.1) is 0 Å². The van der Waals surface area contributed by atoms with Gasteiger partial charge in [0.2, 0.25) is 0 Å². The van der Waals surface area contributed by atoms with Gasteiger partial charge < -0.3 is 4.42 Å². The topological polar surface area (TPSA) is 64.7 Å². The molecule has 5 nitrogen and oxygen atoms in total. The predicted octanol–water partition coefficient (Wildman–Crippen LogP) is 11.3. The Hall–Kier alpha value is -6.72. The first-order chi connectivity index (χ1) is 24.3. The molecule has 0 saturated carbocycles. The molecule has 0 N–H and O–H groups in total. The third-order valence-corrected chi connectivity index (χ3v) is 9.40. The zero-order valence-electron chi connectivity index (χ0n) is 26.2. The number of furan rings is 1. The number of hydrogen-bond donors (Lipinski definition) is 0. The first kappa shape index (κ1) is 27.4. The normalized spacial score (nSPS) is 11.7. The highest BCUT2D eigenvalue weighted by Crippen LogP contribution is 2.40. The van der Waals surface area contributed by atoms with Crippen LogP contribution in [0, 0.1) is 0 Å². The van der Waals surface area contributed by atoms with Gasteiger partial charge in [0.1, 0.15) is 5.58 Å². The monoisotopic (exact) mass is 626 g/mol. The number of pyridine rings is 1. The van der Waals surface area contributed by atoms with Crippen molar-refractivity contribution in [3.8, 4) is 45.3 Å². The largest absolute Gasteiger partial charge is 0.454 e. The van der Waals surface area contributed by atoms with E-state index in [0.717, 1.165) is 76.7 Å². The molecule has 0 aliphatic carbocycles. The standard InChI is InChI=1S/C44H26N4O/c1-2-9-28(10-3-1)42-46-43(31-17-16-27-8-4-5-11-29(27)24-31)48-44(47-42)32-18-19-33-30(25-32)12-6-13-34(33)35-14-7-15-38-36(35)20-21-39-37-22-23-45-26-40(37)49-41(38)39/h1-26H. The second-order valence-electron chi connectivity index (χ2n) is 12.3. The smallest absolute Gasteiger partial charge is 0.164 e. The SMILES string of the molecule is c1ccc(-c2nc(-c3ccc4ccccc4c3)nc(-c3ccc4c(-c5cccc6c5ccc5c7ccncc7oc65)cccc4c3)n2)cc1. The van der Waals surface area contributed by atoms with Crippen LogP contribution in [0.1, 0.15) is 0 Å². The molecule has 10 aromatic rings. The van der Waals surface area contributed by atoms with Crippen LogP contribution in [0.2, 0.25) is 0 Å². The molecular weight excluding hydrogens is 601 g/mol. The molecule has 49 heavy (non-hydrogen) atoms.